The highest BCUT2D eigenvalue weighted by Crippen LogP contribution is 2.32. The quantitative estimate of drug-likeness (QED) is 0.681. The smallest absolute Gasteiger partial charge is 0.376 e. The van der Waals surface area contributed by atoms with Gasteiger partial charge >= 0.3 is 11.9 Å². The topological polar surface area (TPSA) is 92.4 Å². The first kappa shape index (κ1) is 18.5. The van der Waals surface area contributed by atoms with E-state index in [0.29, 0.717) is 5.56 Å². The molecule has 0 aromatic heterocycles. The minimum absolute atomic E-state index is 0.0502. The summed E-state index contributed by atoms with van der Waals surface area (Å²) in [7, 11) is 0. The van der Waals surface area contributed by atoms with Crippen LogP contribution in [-0.2, 0) is 16.0 Å². The fraction of sp³-hybridized carbons (Fsp3) is 0.222. The lowest BCUT2D eigenvalue weighted by Gasteiger charge is -2.28. The standard InChI is InChI=1S/C18H18F2N2O3/c19-18(20,17(24)25)15(13-9-5-2-6-10-13)22-14(16(21)23)11-12-7-3-1-4-8-12/h1-10,14-15,22H,11H2,(H2,21,23)(H,24,25)/t14-,15-/m0/s1. The van der Waals surface area contributed by atoms with Gasteiger partial charge in [0.15, 0.2) is 0 Å². The van der Waals surface area contributed by atoms with Crippen LogP contribution in [0.1, 0.15) is 17.2 Å². The van der Waals surface area contributed by atoms with Crippen LogP contribution in [-0.4, -0.2) is 28.9 Å². The summed E-state index contributed by atoms with van der Waals surface area (Å²) >= 11 is 0. The van der Waals surface area contributed by atoms with Crippen LogP contribution >= 0.6 is 0 Å². The van der Waals surface area contributed by atoms with Crippen LogP contribution in [0.15, 0.2) is 60.7 Å². The van der Waals surface area contributed by atoms with Crippen molar-refractivity contribution in [2.75, 3.05) is 0 Å². The van der Waals surface area contributed by atoms with Crippen LogP contribution in [0.2, 0.25) is 0 Å². The Morgan fingerprint density at radius 1 is 1.04 bits per heavy atom. The van der Waals surface area contributed by atoms with Gasteiger partial charge in [-0.1, -0.05) is 60.7 Å². The van der Waals surface area contributed by atoms with Crippen molar-refractivity contribution in [2.24, 2.45) is 5.73 Å². The third-order valence-electron chi connectivity index (χ3n) is 3.77. The maximum Gasteiger partial charge on any atom is 0.376 e. The normalized spacial score (nSPS) is 13.8. The number of carboxylic acid groups (broad SMARTS) is 1. The predicted molar refractivity (Wildman–Crippen MR) is 88.0 cm³/mol. The second-order valence-electron chi connectivity index (χ2n) is 5.58. The van der Waals surface area contributed by atoms with Crippen molar-refractivity contribution in [3.05, 3.63) is 71.8 Å². The van der Waals surface area contributed by atoms with E-state index in [4.69, 9.17) is 10.8 Å². The number of nitrogens with one attached hydrogen (secondary N) is 1. The lowest BCUT2D eigenvalue weighted by molar-refractivity contribution is -0.170. The number of alkyl halides is 2. The molecule has 0 spiro atoms. The number of amides is 1. The van der Waals surface area contributed by atoms with Gasteiger partial charge in [-0.3, -0.25) is 10.1 Å². The fourth-order valence-electron chi connectivity index (χ4n) is 2.47. The molecule has 0 aliphatic rings. The predicted octanol–water partition coefficient (Wildman–Crippen LogP) is 2.13. The number of carbonyl (C=O) groups excluding carboxylic acids is 1. The van der Waals surface area contributed by atoms with Gasteiger partial charge in [-0.05, 0) is 17.5 Å². The minimum atomic E-state index is -4.12. The summed E-state index contributed by atoms with van der Waals surface area (Å²) in [5.41, 5.74) is 6.10. The fourth-order valence-corrected chi connectivity index (χ4v) is 2.47. The zero-order chi connectivity index (χ0) is 18.4. The van der Waals surface area contributed by atoms with Gasteiger partial charge < -0.3 is 10.8 Å². The van der Waals surface area contributed by atoms with Gasteiger partial charge in [0, 0.05) is 0 Å². The van der Waals surface area contributed by atoms with Gasteiger partial charge in [-0.2, -0.15) is 8.78 Å². The van der Waals surface area contributed by atoms with Gasteiger partial charge in [0.2, 0.25) is 5.91 Å². The maximum atomic E-state index is 14.2. The summed E-state index contributed by atoms with van der Waals surface area (Å²) in [6, 6.07) is 13.1. The van der Waals surface area contributed by atoms with Crippen LogP contribution in [0, 0.1) is 0 Å². The number of hydrogen-bond donors (Lipinski definition) is 3. The zero-order valence-corrected chi connectivity index (χ0v) is 13.2. The molecule has 0 aliphatic carbocycles. The summed E-state index contributed by atoms with van der Waals surface area (Å²) in [5, 5.41) is 11.3. The molecule has 7 heteroatoms. The molecule has 25 heavy (non-hydrogen) atoms. The van der Waals surface area contributed by atoms with Crippen molar-refractivity contribution >= 4 is 11.9 Å². The van der Waals surface area contributed by atoms with Gasteiger partial charge in [-0.25, -0.2) is 4.79 Å². The molecule has 0 saturated heterocycles. The molecule has 1 amide bonds. The molecule has 0 radical (unpaired) electrons. The Morgan fingerprint density at radius 2 is 1.56 bits per heavy atom. The first-order valence-electron chi connectivity index (χ1n) is 7.58. The van der Waals surface area contributed by atoms with Gasteiger partial charge in [0.1, 0.15) is 6.04 Å². The molecule has 2 aromatic carbocycles. The number of carbonyl (C=O) groups is 2. The SMILES string of the molecule is NC(=O)[C@H](Cc1ccccc1)N[C@@H](c1ccccc1)C(F)(F)C(=O)O. The molecular formula is C18H18F2N2O3. The Balaban J connectivity index is 2.33. The molecule has 0 saturated carbocycles. The van der Waals surface area contributed by atoms with E-state index in [1.165, 1.54) is 24.3 Å². The van der Waals surface area contributed by atoms with Crippen LogP contribution in [0.5, 0.6) is 0 Å². The lowest BCUT2D eigenvalue weighted by atomic mass is 9.97. The summed E-state index contributed by atoms with van der Waals surface area (Å²) in [4.78, 5) is 22.8. The van der Waals surface area contributed by atoms with Crippen molar-refractivity contribution < 1.29 is 23.5 Å². The number of aliphatic carboxylic acids is 1. The molecular weight excluding hydrogens is 330 g/mol. The molecule has 0 unspecified atom stereocenters. The van der Waals surface area contributed by atoms with Crippen LogP contribution < -0.4 is 11.1 Å². The van der Waals surface area contributed by atoms with Crippen molar-refractivity contribution in [3.63, 3.8) is 0 Å². The van der Waals surface area contributed by atoms with Crippen LogP contribution in [0.25, 0.3) is 0 Å². The molecule has 2 rings (SSSR count). The van der Waals surface area contributed by atoms with Gasteiger partial charge in [0.25, 0.3) is 0 Å². The van der Waals surface area contributed by atoms with Crippen molar-refractivity contribution in [2.45, 2.75) is 24.4 Å². The summed E-state index contributed by atoms with van der Waals surface area (Å²) in [5.74, 6) is -7.24. The molecule has 0 bridgehead atoms. The second kappa shape index (κ2) is 7.85. The second-order valence-corrected chi connectivity index (χ2v) is 5.58. The van der Waals surface area contributed by atoms with Gasteiger partial charge in [0.05, 0.1) is 6.04 Å². The van der Waals surface area contributed by atoms with Crippen molar-refractivity contribution in [1.82, 2.24) is 5.32 Å². The third-order valence-corrected chi connectivity index (χ3v) is 3.77. The van der Waals surface area contributed by atoms with E-state index >= 15 is 0 Å². The van der Waals surface area contributed by atoms with E-state index in [2.05, 4.69) is 5.32 Å². The van der Waals surface area contributed by atoms with Crippen LogP contribution in [0.4, 0.5) is 8.78 Å². The van der Waals surface area contributed by atoms with Crippen molar-refractivity contribution in [3.8, 4) is 0 Å². The number of nitrogens with two attached hydrogens (primary N) is 1. The number of carboxylic acids is 1. The number of hydrogen-bond acceptors (Lipinski definition) is 3. The van der Waals surface area contributed by atoms with E-state index in [1.54, 1.807) is 36.4 Å². The minimum Gasteiger partial charge on any atom is -0.477 e. The first-order chi connectivity index (χ1) is 11.8. The third kappa shape index (κ3) is 4.60. The summed E-state index contributed by atoms with van der Waals surface area (Å²) < 4.78 is 28.5. The van der Waals surface area contributed by atoms with E-state index in [9.17, 15) is 18.4 Å². The Bertz CT molecular complexity index is 724. The largest absolute Gasteiger partial charge is 0.477 e. The van der Waals surface area contributed by atoms with E-state index in [0.717, 1.165) is 0 Å². The Labute approximate surface area is 143 Å². The highest BCUT2D eigenvalue weighted by Gasteiger charge is 2.49. The van der Waals surface area contributed by atoms with E-state index < -0.39 is 29.9 Å². The molecule has 5 nitrogen and oxygen atoms in total. The molecule has 0 fully saturated rings. The first-order valence-corrected chi connectivity index (χ1v) is 7.58. The summed E-state index contributed by atoms with van der Waals surface area (Å²) in [6.07, 6.45) is 0.0647. The number of rotatable bonds is 8. The highest BCUT2D eigenvalue weighted by molar-refractivity contribution is 5.81. The Kier molecular flexibility index (Phi) is 5.82. The van der Waals surface area contributed by atoms with Crippen molar-refractivity contribution in [1.29, 1.82) is 0 Å². The molecule has 132 valence electrons. The number of benzene rings is 2. The highest BCUT2D eigenvalue weighted by atomic mass is 19.3. The molecule has 2 atom stereocenters. The molecule has 4 N–H and O–H groups in total. The van der Waals surface area contributed by atoms with Crippen LogP contribution in [0.3, 0.4) is 0 Å². The molecule has 0 heterocycles. The molecule has 0 aliphatic heterocycles. The zero-order valence-electron chi connectivity index (χ0n) is 13.2. The molecule has 2 aromatic rings. The maximum absolute atomic E-state index is 14.2. The van der Waals surface area contributed by atoms with Gasteiger partial charge in [-0.15, -0.1) is 0 Å². The average Bonchev–Trinajstić information content (AvgIpc) is 2.59. The summed E-state index contributed by atoms with van der Waals surface area (Å²) in [6.45, 7) is 0. The van der Waals surface area contributed by atoms with E-state index in [1.807, 2.05) is 0 Å². The number of primary amides is 1. The lowest BCUT2D eigenvalue weighted by Crippen LogP contribution is -2.51. The Morgan fingerprint density at radius 3 is 2.04 bits per heavy atom. The number of halogens is 2. The monoisotopic (exact) mass is 348 g/mol. The Hall–Kier alpha value is -2.80. The van der Waals surface area contributed by atoms with E-state index in [-0.39, 0.29) is 12.0 Å². The average molecular weight is 348 g/mol.